The van der Waals surface area contributed by atoms with Crippen molar-refractivity contribution in [1.29, 1.82) is 0 Å². The first kappa shape index (κ1) is 15.2. The summed E-state index contributed by atoms with van der Waals surface area (Å²) in [6, 6.07) is 6.56. The summed E-state index contributed by atoms with van der Waals surface area (Å²) in [4.78, 5) is 21.5. The van der Waals surface area contributed by atoms with Gasteiger partial charge in [0.05, 0.1) is 11.5 Å². The van der Waals surface area contributed by atoms with Crippen molar-refractivity contribution in [2.45, 2.75) is 38.2 Å². The van der Waals surface area contributed by atoms with E-state index in [1.165, 1.54) is 0 Å². The van der Waals surface area contributed by atoms with E-state index in [9.17, 15) is 14.7 Å². The summed E-state index contributed by atoms with van der Waals surface area (Å²) < 4.78 is 0. The van der Waals surface area contributed by atoms with Gasteiger partial charge in [-0.2, -0.15) is 0 Å². The number of aliphatic hydroxyl groups excluding tert-OH is 1. The molecule has 0 saturated heterocycles. The number of rotatable bonds is 6. The van der Waals surface area contributed by atoms with Crippen LogP contribution in [0.2, 0.25) is 0 Å². The molecule has 0 amide bonds. The van der Waals surface area contributed by atoms with Crippen LogP contribution in [0.25, 0.3) is 0 Å². The van der Waals surface area contributed by atoms with Gasteiger partial charge in [-0.25, -0.2) is 0 Å². The second-order valence-electron chi connectivity index (χ2n) is 5.00. The molecule has 0 radical (unpaired) electrons. The van der Waals surface area contributed by atoms with Crippen LogP contribution in [0, 0.1) is 0 Å². The first-order valence-corrected chi connectivity index (χ1v) is 5.99. The number of benzene rings is 1. The van der Waals surface area contributed by atoms with Gasteiger partial charge in [0.25, 0.3) is 0 Å². The SMILES string of the molecule is CC(C)(C(=O)O)c1ccc(C(O)CCC(=O)O)cc1. The Labute approximate surface area is 111 Å². The molecule has 0 saturated carbocycles. The summed E-state index contributed by atoms with van der Waals surface area (Å²) in [7, 11) is 0. The van der Waals surface area contributed by atoms with Crippen LogP contribution < -0.4 is 0 Å². The Bertz CT molecular complexity index is 461. The summed E-state index contributed by atoms with van der Waals surface area (Å²) in [5.74, 6) is -1.88. The van der Waals surface area contributed by atoms with Crippen LogP contribution in [0.4, 0.5) is 0 Å². The number of hydrogen-bond acceptors (Lipinski definition) is 3. The average molecular weight is 266 g/mol. The van der Waals surface area contributed by atoms with E-state index in [0.29, 0.717) is 11.1 Å². The number of carbonyl (C=O) groups is 2. The molecular formula is C14H18O5. The highest BCUT2D eigenvalue weighted by Gasteiger charge is 2.29. The van der Waals surface area contributed by atoms with E-state index >= 15 is 0 Å². The number of carboxylic acid groups (broad SMARTS) is 2. The topological polar surface area (TPSA) is 94.8 Å². The molecule has 19 heavy (non-hydrogen) atoms. The van der Waals surface area contributed by atoms with Crippen LogP contribution in [0.15, 0.2) is 24.3 Å². The third kappa shape index (κ3) is 3.79. The Morgan fingerprint density at radius 3 is 2.11 bits per heavy atom. The van der Waals surface area contributed by atoms with Gasteiger partial charge >= 0.3 is 11.9 Å². The lowest BCUT2D eigenvalue weighted by Crippen LogP contribution is -2.28. The zero-order valence-corrected chi connectivity index (χ0v) is 11.0. The molecule has 0 bridgehead atoms. The van der Waals surface area contributed by atoms with Crippen molar-refractivity contribution >= 4 is 11.9 Å². The molecule has 5 heteroatoms. The highest BCUT2D eigenvalue weighted by atomic mass is 16.4. The van der Waals surface area contributed by atoms with E-state index in [1.807, 2.05) is 0 Å². The van der Waals surface area contributed by atoms with Crippen LogP contribution >= 0.6 is 0 Å². The van der Waals surface area contributed by atoms with Crippen LogP contribution in [-0.2, 0) is 15.0 Å². The van der Waals surface area contributed by atoms with Gasteiger partial charge in [-0.1, -0.05) is 24.3 Å². The highest BCUT2D eigenvalue weighted by Crippen LogP contribution is 2.26. The smallest absolute Gasteiger partial charge is 0.313 e. The molecule has 1 aromatic carbocycles. The Hall–Kier alpha value is -1.88. The maximum atomic E-state index is 11.1. The van der Waals surface area contributed by atoms with Crippen molar-refractivity contribution in [1.82, 2.24) is 0 Å². The molecule has 0 aliphatic rings. The zero-order valence-electron chi connectivity index (χ0n) is 11.0. The maximum Gasteiger partial charge on any atom is 0.313 e. The lowest BCUT2D eigenvalue weighted by atomic mass is 9.84. The minimum absolute atomic E-state index is 0.108. The standard InChI is InChI=1S/C14H18O5/c1-14(2,13(18)19)10-5-3-9(4-6-10)11(15)7-8-12(16)17/h3-6,11,15H,7-8H2,1-2H3,(H,16,17)(H,18,19). The van der Waals surface area contributed by atoms with E-state index in [4.69, 9.17) is 10.2 Å². The zero-order chi connectivity index (χ0) is 14.6. The molecule has 5 nitrogen and oxygen atoms in total. The monoisotopic (exact) mass is 266 g/mol. The molecular weight excluding hydrogens is 248 g/mol. The molecule has 0 spiro atoms. The number of aliphatic hydroxyl groups is 1. The Balaban J connectivity index is 2.82. The predicted molar refractivity (Wildman–Crippen MR) is 68.9 cm³/mol. The predicted octanol–water partition coefficient (Wildman–Crippen LogP) is 1.95. The first-order chi connectivity index (χ1) is 8.75. The van der Waals surface area contributed by atoms with Gasteiger partial charge in [-0.15, -0.1) is 0 Å². The van der Waals surface area contributed by atoms with Crippen LogP contribution in [0.1, 0.15) is 43.9 Å². The van der Waals surface area contributed by atoms with E-state index in [1.54, 1.807) is 38.1 Å². The van der Waals surface area contributed by atoms with Gasteiger partial charge in [-0.3, -0.25) is 9.59 Å². The fourth-order valence-corrected chi connectivity index (χ4v) is 1.67. The molecule has 104 valence electrons. The van der Waals surface area contributed by atoms with E-state index in [0.717, 1.165) is 0 Å². The van der Waals surface area contributed by atoms with Gasteiger partial charge in [0.2, 0.25) is 0 Å². The van der Waals surface area contributed by atoms with Crippen molar-refractivity contribution in [2.24, 2.45) is 0 Å². The van der Waals surface area contributed by atoms with Crippen molar-refractivity contribution in [3.8, 4) is 0 Å². The Morgan fingerprint density at radius 1 is 1.16 bits per heavy atom. The quantitative estimate of drug-likeness (QED) is 0.731. The summed E-state index contributed by atoms with van der Waals surface area (Å²) >= 11 is 0. The van der Waals surface area contributed by atoms with Gasteiger partial charge < -0.3 is 15.3 Å². The lowest BCUT2D eigenvalue weighted by molar-refractivity contribution is -0.142. The summed E-state index contributed by atoms with van der Waals surface area (Å²) in [5, 5.41) is 27.4. The second-order valence-corrected chi connectivity index (χ2v) is 5.00. The molecule has 0 aliphatic carbocycles. The average Bonchev–Trinajstić information content (AvgIpc) is 2.35. The van der Waals surface area contributed by atoms with Gasteiger partial charge in [-0.05, 0) is 31.4 Å². The van der Waals surface area contributed by atoms with Gasteiger partial charge in [0, 0.05) is 6.42 Å². The molecule has 0 heterocycles. The summed E-state index contributed by atoms with van der Waals surface area (Å²) in [5.41, 5.74) is 0.227. The largest absolute Gasteiger partial charge is 0.481 e. The van der Waals surface area contributed by atoms with Crippen LogP contribution in [0.5, 0.6) is 0 Å². The van der Waals surface area contributed by atoms with Crippen molar-refractivity contribution < 1.29 is 24.9 Å². The molecule has 3 N–H and O–H groups in total. The Kier molecular flexibility index (Phi) is 4.67. The normalized spacial score (nSPS) is 13.0. The molecule has 1 unspecified atom stereocenters. The van der Waals surface area contributed by atoms with Crippen molar-refractivity contribution in [3.05, 3.63) is 35.4 Å². The third-order valence-electron chi connectivity index (χ3n) is 3.18. The van der Waals surface area contributed by atoms with Crippen LogP contribution in [0.3, 0.4) is 0 Å². The maximum absolute atomic E-state index is 11.1. The van der Waals surface area contributed by atoms with Crippen molar-refractivity contribution in [2.75, 3.05) is 0 Å². The molecule has 1 aromatic rings. The highest BCUT2D eigenvalue weighted by molar-refractivity contribution is 5.80. The number of aliphatic carboxylic acids is 2. The first-order valence-electron chi connectivity index (χ1n) is 5.99. The summed E-state index contributed by atoms with van der Waals surface area (Å²) in [6.45, 7) is 3.20. The Morgan fingerprint density at radius 2 is 1.68 bits per heavy atom. The van der Waals surface area contributed by atoms with Crippen LogP contribution in [-0.4, -0.2) is 27.3 Å². The molecule has 0 fully saturated rings. The van der Waals surface area contributed by atoms with E-state index in [-0.39, 0.29) is 12.8 Å². The molecule has 0 aromatic heterocycles. The molecule has 0 aliphatic heterocycles. The fourth-order valence-electron chi connectivity index (χ4n) is 1.67. The fraction of sp³-hybridized carbons (Fsp3) is 0.429. The second kappa shape index (κ2) is 5.84. The number of carboxylic acids is 2. The van der Waals surface area contributed by atoms with Gasteiger partial charge in [0.1, 0.15) is 0 Å². The van der Waals surface area contributed by atoms with Gasteiger partial charge in [0.15, 0.2) is 0 Å². The number of hydrogen-bond donors (Lipinski definition) is 3. The molecule has 1 rings (SSSR count). The summed E-state index contributed by atoms with van der Waals surface area (Å²) in [6.07, 6.45) is -0.821. The lowest BCUT2D eigenvalue weighted by Gasteiger charge is -2.20. The van der Waals surface area contributed by atoms with E-state index in [2.05, 4.69) is 0 Å². The minimum atomic E-state index is -0.995. The van der Waals surface area contributed by atoms with E-state index < -0.39 is 23.5 Å². The molecule has 1 atom stereocenters. The third-order valence-corrected chi connectivity index (χ3v) is 3.18. The van der Waals surface area contributed by atoms with Crippen molar-refractivity contribution in [3.63, 3.8) is 0 Å². The minimum Gasteiger partial charge on any atom is -0.481 e.